The number of anilines is 1. The van der Waals surface area contributed by atoms with Gasteiger partial charge < -0.3 is 5.32 Å². The van der Waals surface area contributed by atoms with Crippen molar-refractivity contribution in [1.82, 2.24) is 4.98 Å². The normalized spacial score (nSPS) is 10.2. The maximum atomic E-state index is 13.0. The average molecular weight is 350 g/mol. The quantitative estimate of drug-likeness (QED) is 0.844. The third kappa shape index (κ3) is 4.44. The van der Waals surface area contributed by atoms with Crippen LogP contribution >= 0.6 is 23.4 Å². The molecule has 0 aliphatic heterocycles. The molecule has 0 aliphatic rings. The molecule has 7 heteroatoms. The fourth-order valence-corrected chi connectivity index (χ4v) is 3.07. The molecule has 1 heterocycles. The van der Waals surface area contributed by atoms with Crippen molar-refractivity contribution in [2.75, 3.05) is 11.1 Å². The second kappa shape index (κ2) is 7.44. The topological polar surface area (TPSA) is 65.8 Å². The Morgan fingerprint density at radius 3 is 2.83 bits per heavy atom. The lowest BCUT2D eigenvalue weighted by atomic mass is 10.1. The number of thioether (sulfide) groups is 1. The van der Waals surface area contributed by atoms with Crippen LogP contribution in [-0.4, -0.2) is 16.6 Å². The Hall–Kier alpha value is -2.10. The van der Waals surface area contributed by atoms with Crippen LogP contribution in [-0.2, 0) is 4.79 Å². The number of rotatable bonds is 4. The fraction of sp³-hybridized carbons (Fsp3) is 0.188. The molecule has 0 aliphatic carbocycles. The fourth-order valence-electron chi connectivity index (χ4n) is 1.95. The van der Waals surface area contributed by atoms with Gasteiger partial charge in [-0.25, -0.2) is 9.37 Å². The molecular formula is C16H13ClFN3OS. The Balaban J connectivity index is 2.07. The lowest BCUT2D eigenvalue weighted by Crippen LogP contribution is -2.14. The number of nitriles is 1. The Labute approximate surface area is 142 Å². The molecule has 2 rings (SSSR count). The minimum atomic E-state index is -0.472. The number of nitrogens with one attached hydrogen (secondary N) is 1. The third-order valence-electron chi connectivity index (χ3n) is 2.97. The first-order valence-electron chi connectivity index (χ1n) is 6.66. The van der Waals surface area contributed by atoms with Gasteiger partial charge in [-0.15, -0.1) is 0 Å². The van der Waals surface area contributed by atoms with Crippen molar-refractivity contribution in [3.05, 3.63) is 51.9 Å². The number of carbonyl (C=O) groups is 1. The zero-order chi connectivity index (χ0) is 17.0. The summed E-state index contributed by atoms with van der Waals surface area (Å²) in [4.78, 5) is 16.3. The molecule has 0 saturated heterocycles. The monoisotopic (exact) mass is 349 g/mol. The minimum Gasteiger partial charge on any atom is -0.324 e. The molecule has 0 bridgehead atoms. The van der Waals surface area contributed by atoms with Gasteiger partial charge in [0, 0.05) is 5.69 Å². The van der Waals surface area contributed by atoms with Gasteiger partial charge >= 0.3 is 0 Å². The van der Waals surface area contributed by atoms with Gasteiger partial charge in [-0.05, 0) is 43.7 Å². The van der Waals surface area contributed by atoms with Crippen LogP contribution in [0.3, 0.4) is 0 Å². The van der Waals surface area contributed by atoms with E-state index in [0.717, 1.165) is 17.3 Å². The summed E-state index contributed by atoms with van der Waals surface area (Å²) < 4.78 is 13.0. The zero-order valence-corrected chi connectivity index (χ0v) is 14.1. The van der Waals surface area contributed by atoms with Crippen molar-refractivity contribution in [1.29, 1.82) is 5.26 Å². The predicted molar refractivity (Wildman–Crippen MR) is 89.2 cm³/mol. The highest BCUT2D eigenvalue weighted by molar-refractivity contribution is 8.00. The van der Waals surface area contributed by atoms with E-state index in [1.54, 1.807) is 0 Å². The predicted octanol–water partition coefficient (Wildman–Crippen LogP) is 4.09. The zero-order valence-electron chi connectivity index (χ0n) is 12.5. The maximum absolute atomic E-state index is 13.0. The number of hydrogen-bond donors (Lipinski definition) is 1. The highest BCUT2D eigenvalue weighted by Crippen LogP contribution is 2.25. The average Bonchev–Trinajstić information content (AvgIpc) is 2.47. The highest BCUT2D eigenvalue weighted by Gasteiger charge is 2.12. The van der Waals surface area contributed by atoms with E-state index in [1.807, 2.05) is 19.9 Å². The number of aryl methyl sites for hydroxylation is 2. The van der Waals surface area contributed by atoms with Crippen molar-refractivity contribution in [3.63, 3.8) is 0 Å². The summed E-state index contributed by atoms with van der Waals surface area (Å²) >= 11 is 7.04. The van der Waals surface area contributed by atoms with E-state index in [-0.39, 0.29) is 16.7 Å². The summed E-state index contributed by atoms with van der Waals surface area (Å²) in [5.41, 5.74) is 2.41. The van der Waals surface area contributed by atoms with Crippen molar-refractivity contribution in [3.8, 4) is 6.07 Å². The molecule has 118 valence electrons. The second-order valence-corrected chi connectivity index (χ2v) is 6.20. The number of halogens is 2. The number of amides is 1. The summed E-state index contributed by atoms with van der Waals surface area (Å²) in [5.74, 6) is -0.716. The molecule has 0 atom stereocenters. The van der Waals surface area contributed by atoms with E-state index in [1.165, 1.54) is 23.9 Å². The van der Waals surface area contributed by atoms with Gasteiger partial charge in [-0.3, -0.25) is 4.79 Å². The number of aromatic nitrogens is 1. The summed E-state index contributed by atoms with van der Waals surface area (Å²) in [7, 11) is 0. The molecular weight excluding hydrogens is 337 g/mol. The van der Waals surface area contributed by atoms with Crippen molar-refractivity contribution in [2.45, 2.75) is 18.9 Å². The van der Waals surface area contributed by atoms with E-state index < -0.39 is 5.82 Å². The minimum absolute atomic E-state index is 0.0677. The summed E-state index contributed by atoms with van der Waals surface area (Å²) in [6.07, 6.45) is 0. The molecule has 2 aromatic rings. The van der Waals surface area contributed by atoms with Crippen LogP contribution in [0.15, 0.2) is 29.3 Å². The van der Waals surface area contributed by atoms with Crippen LogP contribution in [0, 0.1) is 31.0 Å². The second-order valence-electron chi connectivity index (χ2n) is 4.83. The maximum Gasteiger partial charge on any atom is 0.234 e. The van der Waals surface area contributed by atoms with Crippen molar-refractivity contribution >= 4 is 35.0 Å². The standard InChI is InChI=1S/C16H13ClFN3OS/c1-9-5-10(2)20-16(12(9)7-19)23-8-15(22)21-14-4-3-11(18)6-13(14)17/h3-6H,8H2,1-2H3,(H,21,22). The third-order valence-corrected chi connectivity index (χ3v) is 4.26. The van der Waals surface area contributed by atoms with Crippen molar-refractivity contribution in [2.24, 2.45) is 0 Å². The molecule has 4 nitrogen and oxygen atoms in total. The summed E-state index contributed by atoms with van der Waals surface area (Å²) in [5, 5.41) is 12.5. The van der Waals surface area contributed by atoms with Crippen LogP contribution in [0.5, 0.6) is 0 Å². The highest BCUT2D eigenvalue weighted by atomic mass is 35.5. The largest absolute Gasteiger partial charge is 0.324 e. The number of pyridine rings is 1. The van der Waals surface area contributed by atoms with Gasteiger partial charge in [-0.2, -0.15) is 5.26 Å². The lowest BCUT2D eigenvalue weighted by molar-refractivity contribution is -0.113. The summed E-state index contributed by atoms with van der Waals surface area (Å²) in [6, 6.07) is 7.67. The molecule has 1 aromatic carbocycles. The molecule has 23 heavy (non-hydrogen) atoms. The first kappa shape index (κ1) is 17.3. The van der Waals surface area contributed by atoms with Crippen LogP contribution in [0.4, 0.5) is 10.1 Å². The number of hydrogen-bond acceptors (Lipinski definition) is 4. The van der Waals surface area contributed by atoms with Crippen LogP contribution in [0.2, 0.25) is 5.02 Å². The van der Waals surface area contributed by atoms with E-state index in [0.29, 0.717) is 16.3 Å². The Morgan fingerprint density at radius 2 is 2.17 bits per heavy atom. The Kier molecular flexibility index (Phi) is 5.59. The van der Waals surface area contributed by atoms with E-state index in [4.69, 9.17) is 11.6 Å². The molecule has 0 saturated carbocycles. The molecule has 1 N–H and O–H groups in total. The Bertz CT molecular complexity index is 805. The van der Waals surface area contributed by atoms with Gasteiger partial charge in [0.25, 0.3) is 0 Å². The summed E-state index contributed by atoms with van der Waals surface area (Å²) in [6.45, 7) is 3.66. The van der Waals surface area contributed by atoms with Gasteiger partial charge in [-0.1, -0.05) is 23.4 Å². The van der Waals surface area contributed by atoms with Crippen LogP contribution < -0.4 is 5.32 Å². The van der Waals surface area contributed by atoms with Crippen LogP contribution in [0.1, 0.15) is 16.8 Å². The molecule has 0 spiro atoms. The van der Waals surface area contributed by atoms with Gasteiger partial charge in [0.2, 0.25) is 5.91 Å². The molecule has 1 aromatic heterocycles. The van der Waals surface area contributed by atoms with Gasteiger partial charge in [0.05, 0.1) is 22.0 Å². The first-order valence-corrected chi connectivity index (χ1v) is 8.03. The molecule has 0 radical (unpaired) electrons. The van der Waals surface area contributed by atoms with E-state index >= 15 is 0 Å². The Morgan fingerprint density at radius 1 is 1.43 bits per heavy atom. The van der Waals surface area contributed by atoms with Gasteiger partial charge in [0.1, 0.15) is 16.9 Å². The van der Waals surface area contributed by atoms with E-state index in [2.05, 4.69) is 16.4 Å². The van der Waals surface area contributed by atoms with Crippen molar-refractivity contribution < 1.29 is 9.18 Å². The molecule has 0 unspecified atom stereocenters. The lowest BCUT2D eigenvalue weighted by Gasteiger charge is -2.09. The number of benzene rings is 1. The molecule has 1 amide bonds. The molecule has 0 fully saturated rings. The first-order chi connectivity index (χ1) is 10.9. The smallest absolute Gasteiger partial charge is 0.234 e. The van der Waals surface area contributed by atoms with E-state index in [9.17, 15) is 14.4 Å². The van der Waals surface area contributed by atoms with Gasteiger partial charge in [0.15, 0.2) is 0 Å². The SMILES string of the molecule is Cc1cc(C)c(C#N)c(SCC(=O)Nc2ccc(F)cc2Cl)n1. The number of nitrogens with zero attached hydrogens (tertiary/aromatic N) is 2. The van der Waals surface area contributed by atoms with Crippen LogP contribution in [0.25, 0.3) is 0 Å². The number of carbonyl (C=O) groups excluding carboxylic acids is 1.